The van der Waals surface area contributed by atoms with Gasteiger partial charge in [-0.15, -0.1) is 0 Å². The van der Waals surface area contributed by atoms with Gasteiger partial charge in [0.1, 0.15) is 0 Å². The predicted molar refractivity (Wildman–Crippen MR) is 33.7 cm³/mol. The van der Waals surface area contributed by atoms with Crippen molar-refractivity contribution in [3.63, 3.8) is 0 Å². The Morgan fingerprint density at radius 3 is 0.818 bits per heavy atom. The first-order valence-corrected chi connectivity index (χ1v) is 1.95. The fraction of sp³-hybridized carbons (Fsp3) is 0. The minimum atomic E-state index is -3.13. The van der Waals surface area contributed by atoms with Crippen LogP contribution < -0.4 is 51.4 Å². The van der Waals surface area contributed by atoms with Crippen LogP contribution in [0.2, 0.25) is 0 Å². The Labute approximate surface area is 108 Å². The SMILES string of the molecule is O.O.O.O.O.O.O=[Si](O)O.[H-].[K+]. The Morgan fingerprint density at radius 2 is 0.818 bits per heavy atom. The van der Waals surface area contributed by atoms with Gasteiger partial charge in [-0.2, -0.15) is 0 Å². The van der Waals surface area contributed by atoms with E-state index in [1.54, 1.807) is 0 Å². The van der Waals surface area contributed by atoms with Gasteiger partial charge in [-0.1, -0.05) is 0 Å². The van der Waals surface area contributed by atoms with E-state index >= 15 is 0 Å². The van der Waals surface area contributed by atoms with Gasteiger partial charge in [-0.3, -0.25) is 4.46 Å². The van der Waals surface area contributed by atoms with Gasteiger partial charge in [0.2, 0.25) is 0 Å². The Morgan fingerprint density at radius 1 is 0.818 bits per heavy atom. The monoisotopic (exact) mass is 226 g/mol. The normalized spacial score (nSPS) is 2.18. The third-order valence-electron chi connectivity index (χ3n) is 0. The second-order valence-electron chi connectivity index (χ2n) is 0.283. The smallest absolute Gasteiger partial charge is 1.00 e. The standard InChI is InChI=1S/K.H2O3Si.6H2O.H/c;1-4(2)3;;;;;;;/h;1-2H;6*1H2;/q+1;;;;;;;;-1. The molecule has 0 unspecified atom stereocenters. The van der Waals surface area contributed by atoms with Crippen molar-refractivity contribution in [2.45, 2.75) is 0 Å². The second kappa shape index (κ2) is 68.6. The van der Waals surface area contributed by atoms with Crippen LogP contribution in [0.3, 0.4) is 0 Å². The molecule has 0 heterocycles. The molecule has 0 atom stereocenters. The predicted octanol–water partition coefficient (Wildman–Crippen LogP) is -9.45. The molecule has 0 aliphatic carbocycles. The summed E-state index contributed by atoms with van der Waals surface area (Å²) < 4.78 is 8.74. The van der Waals surface area contributed by atoms with Crippen LogP contribution >= 0.6 is 0 Å². The van der Waals surface area contributed by atoms with Crippen LogP contribution in [0.4, 0.5) is 0 Å². The first-order chi connectivity index (χ1) is 1.73. The molecule has 11 heteroatoms. The van der Waals surface area contributed by atoms with Crippen molar-refractivity contribution in [3.05, 3.63) is 0 Å². The maximum Gasteiger partial charge on any atom is 1.00 e. The first kappa shape index (κ1) is 90.5. The molecule has 0 amide bonds. The van der Waals surface area contributed by atoms with E-state index in [0.717, 1.165) is 0 Å². The molecule has 0 spiro atoms. The molecule has 74 valence electrons. The molecule has 0 fully saturated rings. The van der Waals surface area contributed by atoms with Crippen LogP contribution in [0.1, 0.15) is 1.43 Å². The molecule has 14 N–H and O–H groups in total. The van der Waals surface area contributed by atoms with Crippen molar-refractivity contribution >= 4 is 9.17 Å². The van der Waals surface area contributed by atoms with Gasteiger partial charge in [-0.25, -0.2) is 0 Å². The maximum atomic E-state index is 8.74. The average molecular weight is 226 g/mol. The van der Waals surface area contributed by atoms with Crippen molar-refractivity contribution in [3.8, 4) is 0 Å². The maximum absolute atomic E-state index is 8.74. The molecule has 11 heavy (non-hydrogen) atoms. The van der Waals surface area contributed by atoms with E-state index < -0.39 is 9.17 Å². The molecule has 0 bridgehead atoms. The van der Waals surface area contributed by atoms with Gasteiger partial charge in [0.05, 0.1) is 0 Å². The van der Waals surface area contributed by atoms with Crippen LogP contribution in [-0.4, -0.2) is 51.6 Å². The molecule has 0 aromatic rings. The summed E-state index contributed by atoms with van der Waals surface area (Å²) in [5, 5.41) is 0. The summed E-state index contributed by atoms with van der Waals surface area (Å²) in [7, 11) is -3.13. The van der Waals surface area contributed by atoms with Gasteiger partial charge < -0.3 is 43.9 Å². The van der Waals surface area contributed by atoms with Gasteiger partial charge in [-0.05, 0) is 0 Å². The topological polar surface area (TPSA) is 247 Å². The van der Waals surface area contributed by atoms with Crippen molar-refractivity contribution in [1.29, 1.82) is 0 Å². The Hall–Kier alpha value is 1.01. The van der Waals surface area contributed by atoms with E-state index in [1.165, 1.54) is 0 Å². The molecule has 0 radical (unpaired) electrons. The molecule has 0 aromatic carbocycles. The van der Waals surface area contributed by atoms with E-state index in [1.807, 2.05) is 0 Å². The zero-order chi connectivity index (χ0) is 3.58. The van der Waals surface area contributed by atoms with Crippen LogP contribution in [0.25, 0.3) is 0 Å². The molecule has 0 aliphatic rings. The van der Waals surface area contributed by atoms with Gasteiger partial charge in [0.15, 0.2) is 0 Å². The molecule has 0 aliphatic heterocycles. The zero-order valence-corrected chi connectivity index (χ0v) is 9.93. The number of hydrogen-bond acceptors (Lipinski definition) is 1. The van der Waals surface area contributed by atoms with Gasteiger partial charge in [0, 0.05) is 0 Å². The van der Waals surface area contributed by atoms with Crippen LogP contribution in [0.15, 0.2) is 0 Å². The molecule has 0 aromatic heterocycles. The van der Waals surface area contributed by atoms with E-state index in [9.17, 15) is 0 Å². The van der Waals surface area contributed by atoms with Crippen molar-refractivity contribution in [1.82, 2.24) is 0 Å². The third kappa shape index (κ3) is 871. The Balaban J connectivity index is -0.00000000161. The molecular weight excluding hydrogens is 211 g/mol. The summed E-state index contributed by atoms with van der Waals surface area (Å²) in [6.07, 6.45) is 0. The summed E-state index contributed by atoms with van der Waals surface area (Å²) in [5.41, 5.74) is 0. The number of rotatable bonds is 0. The second-order valence-corrected chi connectivity index (χ2v) is 0.848. The zero-order valence-electron chi connectivity index (χ0n) is 6.80. The van der Waals surface area contributed by atoms with E-state index in [4.69, 9.17) is 14.1 Å². The van der Waals surface area contributed by atoms with Crippen LogP contribution in [0, 0.1) is 0 Å². The van der Waals surface area contributed by atoms with Crippen LogP contribution in [0.5, 0.6) is 0 Å². The molecular formula is H15KO9Si. The first-order valence-electron chi connectivity index (χ1n) is 0.651. The quantitative estimate of drug-likeness (QED) is 0.382. The summed E-state index contributed by atoms with van der Waals surface area (Å²) in [6.45, 7) is 0. The summed E-state index contributed by atoms with van der Waals surface area (Å²) in [4.78, 5) is 14.3. The van der Waals surface area contributed by atoms with Crippen molar-refractivity contribution in [2.75, 3.05) is 0 Å². The van der Waals surface area contributed by atoms with E-state index in [0.29, 0.717) is 0 Å². The fourth-order valence-corrected chi connectivity index (χ4v) is 0. The van der Waals surface area contributed by atoms with E-state index in [2.05, 4.69) is 0 Å². The van der Waals surface area contributed by atoms with E-state index in [-0.39, 0.29) is 85.7 Å². The van der Waals surface area contributed by atoms with Gasteiger partial charge >= 0.3 is 60.6 Å². The summed E-state index contributed by atoms with van der Waals surface area (Å²) in [5.74, 6) is 0. The van der Waals surface area contributed by atoms with Gasteiger partial charge in [0.25, 0.3) is 0 Å². The Bertz CT molecular complexity index is 37.5. The molecule has 9 nitrogen and oxygen atoms in total. The van der Waals surface area contributed by atoms with Crippen molar-refractivity contribution in [2.24, 2.45) is 0 Å². The summed E-state index contributed by atoms with van der Waals surface area (Å²) >= 11 is 0. The van der Waals surface area contributed by atoms with Crippen molar-refractivity contribution < 1.29 is 99.7 Å². The Kier molecular flexibility index (Phi) is 564. The minimum Gasteiger partial charge on any atom is -1.00 e. The molecule has 0 saturated heterocycles. The minimum absolute atomic E-state index is 0. The third-order valence-corrected chi connectivity index (χ3v) is 0. The fourth-order valence-electron chi connectivity index (χ4n) is 0. The van der Waals surface area contributed by atoms with Crippen LogP contribution in [-0.2, 0) is 4.46 Å². The summed E-state index contributed by atoms with van der Waals surface area (Å²) in [6, 6.07) is 0. The largest absolute Gasteiger partial charge is 1.00 e. The average Bonchev–Trinajstić information content (AvgIpc) is 0.811. The number of hydrogen-bond donors (Lipinski definition) is 2. The molecule has 0 saturated carbocycles. The molecule has 0 rings (SSSR count).